The first kappa shape index (κ1) is 31.7. The molecule has 0 aliphatic carbocycles. The van der Waals surface area contributed by atoms with Crippen molar-refractivity contribution in [3.8, 4) is 11.1 Å². The Morgan fingerprint density at radius 2 is 0.660 bits per heavy atom. The molecule has 0 N–H and O–H groups in total. The van der Waals surface area contributed by atoms with E-state index in [1.165, 1.54) is 31.8 Å². The van der Waals surface area contributed by atoms with Gasteiger partial charge in [0.15, 0.2) is 0 Å². The van der Waals surface area contributed by atoms with Gasteiger partial charge in [-0.25, -0.2) is 0 Å². The Morgan fingerprint density at radius 1 is 0.340 bits per heavy atom. The highest BCUT2D eigenvalue weighted by atomic mass is 31.1. The molecule has 8 aromatic carbocycles. The van der Waals surface area contributed by atoms with E-state index in [4.69, 9.17) is 0 Å². The lowest BCUT2D eigenvalue weighted by Crippen LogP contribution is -2.26. The van der Waals surface area contributed by atoms with Crippen molar-refractivity contribution in [3.63, 3.8) is 0 Å². The summed E-state index contributed by atoms with van der Waals surface area (Å²) in [5, 5.41) is 11.7. The van der Waals surface area contributed by atoms with E-state index in [2.05, 4.69) is 158 Å². The zero-order valence-corrected chi connectivity index (χ0v) is 29.0. The van der Waals surface area contributed by atoms with Crippen LogP contribution in [0.1, 0.15) is 20.7 Å². The first-order valence-corrected chi connectivity index (χ1v) is 19.3. The van der Waals surface area contributed by atoms with Gasteiger partial charge < -0.3 is 0 Å². The number of carbonyl (C=O) groups is 2. The quantitative estimate of drug-likeness (QED) is 0.113. The first-order chi connectivity index (χ1) is 24.7. The molecule has 0 saturated heterocycles. The summed E-state index contributed by atoms with van der Waals surface area (Å²) in [6.45, 7) is 0. The van der Waals surface area contributed by atoms with Gasteiger partial charge in [0.1, 0.15) is 12.6 Å². The van der Waals surface area contributed by atoms with Crippen molar-refractivity contribution in [1.82, 2.24) is 0 Å². The van der Waals surface area contributed by atoms with Crippen LogP contribution in [-0.4, -0.2) is 12.6 Å². The van der Waals surface area contributed by atoms with Gasteiger partial charge in [-0.1, -0.05) is 170 Å². The van der Waals surface area contributed by atoms with Crippen molar-refractivity contribution in [1.29, 1.82) is 0 Å². The maximum atomic E-state index is 12.0. The van der Waals surface area contributed by atoms with Crippen LogP contribution in [0.15, 0.2) is 182 Å². The monoisotopic (exact) mass is 678 g/mol. The largest absolute Gasteiger partial charge is 0.298 e. The third-order valence-electron chi connectivity index (χ3n) is 9.11. The molecule has 0 saturated carbocycles. The predicted octanol–water partition coefficient (Wildman–Crippen LogP) is 8.80. The molecule has 0 unspecified atom stereocenters. The van der Waals surface area contributed by atoms with Gasteiger partial charge in [0, 0.05) is 11.1 Å². The highest BCUT2D eigenvalue weighted by Crippen LogP contribution is 2.45. The molecular weight excluding hydrogens is 646 g/mol. The maximum Gasteiger partial charge on any atom is 0.150 e. The highest BCUT2D eigenvalue weighted by molar-refractivity contribution is 7.80. The lowest BCUT2D eigenvalue weighted by atomic mass is 9.92. The van der Waals surface area contributed by atoms with E-state index >= 15 is 0 Å². The summed E-state index contributed by atoms with van der Waals surface area (Å²) < 4.78 is 0. The molecule has 0 atom stereocenters. The topological polar surface area (TPSA) is 34.1 Å². The summed E-state index contributed by atoms with van der Waals surface area (Å²) in [4.78, 5) is 24.0. The summed E-state index contributed by atoms with van der Waals surface area (Å²) in [5.74, 6) is 0. The number of hydrogen-bond acceptors (Lipinski definition) is 2. The third-order valence-corrected chi connectivity index (χ3v) is 14.1. The molecule has 0 radical (unpaired) electrons. The Labute approximate surface area is 294 Å². The highest BCUT2D eigenvalue weighted by Gasteiger charge is 2.28. The maximum absolute atomic E-state index is 12.0. The molecule has 0 spiro atoms. The first-order valence-electron chi connectivity index (χ1n) is 16.6. The number of fused-ring (bicyclic) bond motifs is 2. The zero-order valence-electron chi connectivity index (χ0n) is 27.2. The Hall–Kier alpha value is -5.52. The Balaban J connectivity index is 1.55. The van der Waals surface area contributed by atoms with Gasteiger partial charge in [-0.05, 0) is 92.5 Å². The minimum absolute atomic E-state index is 0.647. The summed E-state index contributed by atoms with van der Waals surface area (Å²) in [6.07, 6.45) is 1.84. The summed E-state index contributed by atoms with van der Waals surface area (Å²) in [7, 11) is -2.00. The lowest BCUT2D eigenvalue weighted by Gasteiger charge is -2.28. The minimum atomic E-state index is -0.998. The van der Waals surface area contributed by atoms with E-state index in [0.29, 0.717) is 11.1 Å². The van der Waals surface area contributed by atoms with Gasteiger partial charge in [0.05, 0.1) is 0 Å². The number of aldehydes is 2. The zero-order chi connectivity index (χ0) is 33.9. The van der Waals surface area contributed by atoms with Crippen LogP contribution in [0.4, 0.5) is 0 Å². The van der Waals surface area contributed by atoms with Crippen molar-refractivity contribution < 1.29 is 9.59 Å². The molecule has 2 nitrogen and oxygen atoms in total. The molecule has 0 amide bonds. The Bertz CT molecular complexity index is 2210. The molecular formula is C46H32O2P2. The van der Waals surface area contributed by atoms with E-state index < -0.39 is 15.8 Å². The van der Waals surface area contributed by atoms with Crippen molar-refractivity contribution in [2.45, 2.75) is 0 Å². The molecule has 238 valence electrons. The fourth-order valence-electron chi connectivity index (χ4n) is 6.88. The van der Waals surface area contributed by atoms with Crippen LogP contribution in [0.3, 0.4) is 0 Å². The number of carbonyl (C=O) groups excluding carboxylic acids is 2. The molecule has 0 heterocycles. The standard InChI is InChI=1S/C46H32O2P2/c47-31-33-21-25-41-35(29-33)23-27-43(49(37-13-5-1-6-14-37)38-15-7-2-8-16-38)45(41)46-42-26-22-34(32-48)30-36(42)24-28-44(46)50(39-17-9-3-10-18-39)40-19-11-4-12-20-40/h1-32H. The second kappa shape index (κ2) is 14.1. The molecule has 50 heavy (non-hydrogen) atoms. The molecule has 0 aliphatic rings. The van der Waals surface area contributed by atoms with Crippen LogP contribution in [-0.2, 0) is 0 Å². The van der Waals surface area contributed by atoms with Crippen LogP contribution >= 0.6 is 15.8 Å². The van der Waals surface area contributed by atoms with Crippen molar-refractivity contribution in [2.75, 3.05) is 0 Å². The van der Waals surface area contributed by atoms with Crippen LogP contribution in [0, 0.1) is 0 Å². The number of hydrogen-bond donors (Lipinski definition) is 0. The molecule has 4 heteroatoms. The minimum Gasteiger partial charge on any atom is -0.298 e. The Kier molecular flexibility index (Phi) is 8.98. The van der Waals surface area contributed by atoms with E-state index in [0.717, 1.165) is 45.2 Å². The second-order valence-electron chi connectivity index (χ2n) is 12.1. The second-order valence-corrected chi connectivity index (χ2v) is 16.5. The third kappa shape index (κ3) is 5.99. The molecule has 0 fully saturated rings. The summed E-state index contributed by atoms with van der Waals surface area (Å²) in [6, 6.07) is 64.2. The smallest absolute Gasteiger partial charge is 0.150 e. The van der Waals surface area contributed by atoms with E-state index in [9.17, 15) is 9.59 Å². The van der Waals surface area contributed by atoms with E-state index in [1.807, 2.05) is 24.3 Å². The van der Waals surface area contributed by atoms with Crippen molar-refractivity contribution >= 4 is 81.8 Å². The van der Waals surface area contributed by atoms with Gasteiger partial charge in [0.25, 0.3) is 0 Å². The van der Waals surface area contributed by atoms with Gasteiger partial charge in [-0.15, -0.1) is 0 Å². The molecule has 0 aromatic heterocycles. The molecule has 0 bridgehead atoms. The average Bonchev–Trinajstić information content (AvgIpc) is 3.19. The molecule has 8 rings (SSSR count). The molecule has 0 aliphatic heterocycles. The normalized spacial score (nSPS) is 11.3. The number of benzene rings is 8. The summed E-state index contributed by atoms with van der Waals surface area (Å²) >= 11 is 0. The van der Waals surface area contributed by atoms with E-state index in [1.54, 1.807) is 0 Å². The average molecular weight is 679 g/mol. The predicted molar refractivity (Wildman–Crippen MR) is 215 cm³/mol. The van der Waals surface area contributed by atoms with Crippen molar-refractivity contribution in [3.05, 3.63) is 193 Å². The van der Waals surface area contributed by atoms with Crippen molar-refractivity contribution in [2.24, 2.45) is 0 Å². The summed E-state index contributed by atoms with van der Waals surface area (Å²) in [5.41, 5.74) is 3.62. The van der Waals surface area contributed by atoms with E-state index in [-0.39, 0.29) is 0 Å². The Morgan fingerprint density at radius 3 is 0.960 bits per heavy atom. The number of rotatable bonds is 9. The van der Waals surface area contributed by atoms with Gasteiger partial charge in [0.2, 0.25) is 0 Å². The lowest BCUT2D eigenvalue weighted by molar-refractivity contribution is 0.111. The van der Waals surface area contributed by atoms with Gasteiger partial charge in [-0.2, -0.15) is 0 Å². The fraction of sp³-hybridized carbons (Fsp3) is 0. The van der Waals surface area contributed by atoms with Crippen LogP contribution in [0.2, 0.25) is 0 Å². The van der Waals surface area contributed by atoms with Gasteiger partial charge in [-0.3, -0.25) is 9.59 Å². The van der Waals surface area contributed by atoms with Crippen LogP contribution < -0.4 is 31.8 Å². The fourth-order valence-corrected chi connectivity index (χ4v) is 11.8. The van der Waals surface area contributed by atoms with Crippen LogP contribution in [0.25, 0.3) is 32.7 Å². The van der Waals surface area contributed by atoms with Gasteiger partial charge >= 0.3 is 0 Å². The molecule has 8 aromatic rings. The van der Waals surface area contributed by atoms with Crippen LogP contribution in [0.5, 0.6) is 0 Å². The SMILES string of the molecule is O=Cc1ccc2c(-c3c(P(c4ccccc4)c4ccccc4)ccc4cc(C=O)ccc34)c(P(c3ccccc3)c3ccccc3)ccc2c1.